The normalized spacial score (nSPS) is 11.2. The zero-order valence-corrected chi connectivity index (χ0v) is 11.1. The number of nitrogens with one attached hydrogen (secondary N) is 1. The van der Waals surface area contributed by atoms with Crippen molar-refractivity contribution in [3.63, 3.8) is 0 Å². The molecule has 0 aromatic heterocycles. The lowest BCUT2D eigenvalue weighted by molar-refractivity contribution is 0.106. The third-order valence-corrected chi connectivity index (χ3v) is 2.77. The fourth-order valence-electron chi connectivity index (χ4n) is 1.63. The van der Waals surface area contributed by atoms with Gasteiger partial charge in [0.1, 0.15) is 5.71 Å². The van der Waals surface area contributed by atoms with Gasteiger partial charge in [0.2, 0.25) is 5.78 Å². The van der Waals surface area contributed by atoms with E-state index in [-0.39, 0.29) is 5.78 Å². The maximum absolute atomic E-state index is 12.0. The Kier molecular flexibility index (Phi) is 4.08. The van der Waals surface area contributed by atoms with Gasteiger partial charge in [-0.1, -0.05) is 48.0 Å². The van der Waals surface area contributed by atoms with E-state index in [1.807, 2.05) is 49.4 Å². The number of benzene rings is 2. The topological polar surface area (TPSA) is 41.5 Å². The highest BCUT2D eigenvalue weighted by atomic mass is 16.1. The van der Waals surface area contributed by atoms with E-state index in [0.29, 0.717) is 11.3 Å². The summed E-state index contributed by atoms with van der Waals surface area (Å²) in [6, 6.07) is 17.0. The van der Waals surface area contributed by atoms with Gasteiger partial charge >= 0.3 is 0 Å². The van der Waals surface area contributed by atoms with Gasteiger partial charge in [-0.3, -0.25) is 10.2 Å². The summed E-state index contributed by atoms with van der Waals surface area (Å²) in [4.78, 5) is 12.0. The van der Waals surface area contributed by atoms with Crippen LogP contribution in [0.3, 0.4) is 0 Å². The molecular weight excluding hydrogens is 236 g/mol. The first-order chi connectivity index (χ1) is 9.16. The molecule has 0 saturated carbocycles. The number of hydrogen-bond acceptors (Lipinski definition) is 3. The van der Waals surface area contributed by atoms with Crippen molar-refractivity contribution in [2.24, 2.45) is 5.10 Å². The number of carbonyl (C=O) groups is 1. The number of hydrogen-bond donors (Lipinski definition) is 1. The van der Waals surface area contributed by atoms with Gasteiger partial charge in [-0.05, 0) is 26.0 Å². The fourth-order valence-corrected chi connectivity index (χ4v) is 1.63. The molecule has 0 radical (unpaired) electrons. The van der Waals surface area contributed by atoms with Crippen molar-refractivity contribution in [2.75, 3.05) is 5.43 Å². The van der Waals surface area contributed by atoms with E-state index >= 15 is 0 Å². The Morgan fingerprint density at radius 2 is 1.63 bits per heavy atom. The number of hydrazone groups is 1. The Balaban J connectivity index is 2.07. The molecule has 2 rings (SSSR count). The standard InChI is InChI=1S/C16H16N2O/c1-12-8-10-15(11-9-12)18-17-13(2)16(19)14-6-4-3-5-7-14/h3-11,18H,1-2H3/b17-13+. The first-order valence-corrected chi connectivity index (χ1v) is 6.13. The molecular formula is C16H16N2O. The zero-order valence-electron chi connectivity index (χ0n) is 11.1. The second kappa shape index (κ2) is 5.96. The molecule has 0 unspecified atom stereocenters. The first kappa shape index (κ1) is 13.0. The molecule has 19 heavy (non-hydrogen) atoms. The Hall–Kier alpha value is -2.42. The van der Waals surface area contributed by atoms with Crippen LogP contribution in [0.4, 0.5) is 5.69 Å². The van der Waals surface area contributed by atoms with E-state index in [1.165, 1.54) is 5.56 Å². The monoisotopic (exact) mass is 252 g/mol. The van der Waals surface area contributed by atoms with E-state index in [0.717, 1.165) is 5.69 Å². The van der Waals surface area contributed by atoms with E-state index in [2.05, 4.69) is 10.5 Å². The lowest BCUT2D eigenvalue weighted by Gasteiger charge is -2.03. The van der Waals surface area contributed by atoms with Crippen LogP contribution in [0.25, 0.3) is 0 Å². The van der Waals surface area contributed by atoms with Gasteiger partial charge in [0.05, 0.1) is 5.69 Å². The Morgan fingerprint density at radius 1 is 1.00 bits per heavy atom. The Morgan fingerprint density at radius 3 is 2.26 bits per heavy atom. The van der Waals surface area contributed by atoms with Crippen LogP contribution in [0, 0.1) is 6.92 Å². The van der Waals surface area contributed by atoms with Gasteiger partial charge < -0.3 is 0 Å². The number of aryl methyl sites for hydroxylation is 1. The molecule has 2 aromatic rings. The summed E-state index contributed by atoms with van der Waals surface area (Å²) in [6.45, 7) is 3.73. The van der Waals surface area contributed by atoms with E-state index in [1.54, 1.807) is 19.1 Å². The molecule has 0 atom stereocenters. The fraction of sp³-hybridized carbons (Fsp3) is 0.125. The smallest absolute Gasteiger partial charge is 0.208 e. The van der Waals surface area contributed by atoms with Crippen molar-refractivity contribution < 1.29 is 4.79 Å². The Labute approximate surface area is 113 Å². The number of carbonyl (C=O) groups excluding carboxylic acids is 1. The van der Waals surface area contributed by atoms with Crippen molar-refractivity contribution in [2.45, 2.75) is 13.8 Å². The minimum atomic E-state index is -0.0692. The minimum Gasteiger partial charge on any atom is -0.287 e. The molecule has 0 aliphatic carbocycles. The second-order valence-corrected chi connectivity index (χ2v) is 4.37. The predicted molar refractivity (Wildman–Crippen MR) is 78.7 cm³/mol. The number of anilines is 1. The number of rotatable bonds is 4. The van der Waals surface area contributed by atoms with E-state index in [4.69, 9.17) is 0 Å². The maximum Gasteiger partial charge on any atom is 0.208 e. The molecule has 1 N–H and O–H groups in total. The van der Waals surface area contributed by atoms with Crippen LogP contribution in [0.2, 0.25) is 0 Å². The highest BCUT2D eigenvalue weighted by Gasteiger charge is 2.08. The molecule has 2 aromatic carbocycles. The van der Waals surface area contributed by atoms with Gasteiger partial charge in [0.25, 0.3) is 0 Å². The maximum atomic E-state index is 12.0. The van der Waals surface area contributed by atoms with Crippen molar-refractivity contribution in [3.8, 4) is 0 Å². The molecule has 3 heteroatoms. The molecule has 0 saturated heterocycles. The number of nitrogens with zero attached hydrogens (tertiary/aromatic N) is 1. The largest absolute Gasteiger partial charge is 0.287 e. The van der Waals surface area contributed by atoms with Crippen molar-refractivity contribution >= 4 is 17.2 Å². The molecule has 0 bridgehead atoms. The summed E-state index contributed by atoms with van der Waals surface area (Å²) >= 11 is 0. The quantitative estimate of drug-likeness (QED) is 0.512. The van der Waals surface area contributed by atoms with Crippen molar-refractivity contribution in [3.05, 3.63) is 65.7 Å². The van der Waals surface area contributed by atoms with Gasteiger partial charge in [-0.2, -0.15) is 5.10 Å². The van der Waals surface area contributed by atoms with Crippen LogP contribution in [-0.2, 0) is 0 Å². The van der Waals surface area contributed by atoms with Gasteiger partial charge in [0.15, 0.2) is 0 Å². The average Bonchev–Trinajstić information content (AvgIpc) is 2.46. The highest BCUT2D eigenvalue weighted by molar-refractivity contribution is 6.45. The summed E-state index contributed by atoms with van der Waals surface area (Å²) in [6.07, 6.45) is 0. The molecule has 0 aliphatic heterocycles. The van der Waals surface area contributed by atoms with Crippen LogP contribution in [-0.4, -0.2) is 11.5 Å². The lowest BCUT2D eigenvalue weighted by atomic mass is 10.1. The van der Waals surface area contributed by atoms with Gasteiger partial charge in [-0.15, -0.1) is 0 Å². The molecule has 0 fully saturated rings. The van der Waals surface area contributed by atoms with Gasteiger partial charge in [-0.25, -0.2) is 0 Å². The predicted octanol–water partition coefficient (Wildman–Crippen LogP) is 3.67. The van der Waals surface area contributed by atoms with Crippen LogP contribution >= 0.6 is 0 Å². The Bertz CT molecular complexity index is 586. The summed E-state index contributed by atoms with van der Waals surface area (Å²) in [7, 11) is 0. The first-order valence-electron chi connectivity index (χ1n) is 6.13. The molecule has 0 aliphatic rings. The molecule has 0 spiro atoms. The lowest BCUT2D eigenvalue weighted by Crippen LogP contribution is -2.12. The zero-order chi connectivity index (χ0) is 13.7. The van der Waals surface area contributed by atoms with Gasteiger partial charge in [0, 0.05) is 5.56 Å². The van der Waals surface area contributed by atoms with E-state index < -0.39 is 0 Å². The van der Waals surface area contributed by atoms with Crippen LogP contribution in [0.15, 0.2) is 59.7 Å². The average molecular weight is 252 g/mol. The molecule has 0 amide bonds. The highest BCUT2D eigenvalue weighted by Crippen LogP contribution is 2.09. The number of ketones is 1. The summed E-state index contributed by atoms with van der Waals surface area (Å²) in [5.74, 6) is -0.0692. The van der Waals surface area contributed by atoms with E-state index in [9.17, 15) is 4.79 Å². The summed E-state index contributed by atoms with van der Waals surface area (Å²) in [5.41, 5.74) is 6.03. The SMILES string of the molecule is C/C(=N\Nc1ccc(C)cc1)C(=O)c1ccccc1. The second-order valence-electron chi connectivity index (χ2n) is 4.37. The summed E-state index contributed by atoms with van der Waals surface area (Å²) < 4.78 is 0. The third kappa shape index (κ3) is 3.52. The third-order valence-electron chi connectivity index (χ3n) is 2.77. The van der Waals surface area contributed by atoms with Crippen LogP contribution < -0.4 is 5.43 Å². The summed E-state index contributed by atoms with van der Waals surface area (Å²) in [5, 5.41) is 4.12. The molecule has 0 heterocycles. The minimum absolute atomic E-state index is 0.0692. The molecule has 96 valence electrons. The van der Waals surface area contributed by atoms with Crippen molar-refractivity contribution in [1.29, 1.82) is 0 Å². The van der Waals surface area contributed by atoms with Crippen molar-refractivity contribution in [1.82, 2.24) is 0 Å². The van der Waals surface area contributed by atoms with Crippen LogP contribution in [0.1, 0.15) is 22.8 Å². The number of Topliss-reactive ketones (excluding diaryl/α,β-unsaturated/α-hetero) is 1. The molecule has 3 nitrogen and oxygen atoms in total. The van der Waals surface area contributed by atoms with Crippen LogP contribution in [0.5, 0.6) is 0 Å².